The first kappa shape index (κ1) is 11.4. The molecular weight excluding hydrogens is 226 g/mol. The number of aromatic nitrogens is 1. The van der Waals surface area contributed by atoms with E-state index < -0.39 is 11.7 Å². The number of nitrogens with zero attached hydrogens (tertiary/aromatic N) is 1. The third-order valence-corrected chi connectivity index (χ3v) is 2.46. The first-order valence-corrected chi connectivity index (χ1v) is 5.06. The van der Waals surface area contributed by atoms with Gasteiger partial charge in [0.2, 0.25) is 0 Å². The summed E-state index contributed by atoms with van der Waals surface area (Å²) in [6, 6.07) is 4.86. The van der Waals surface area contributed by atoms with Gasteiger partial charge in [0.1, 0.15) is 0 Å². The Bertz CT molecular complexity index is 610. The van der Waals surface area contributed by atoms with Crippen LogP contribution in [-0.2, 0) is 17.9 Å². The number of aryl methyl sites for hydroxylation is 1. The van der Waals surface area contributed by atoms with Gasteiger partial charge in [-0.2, -0.15) is 0 Å². The van der Waals surface area contributed by atoms with Crippen LogP contribution >= 0.6 is 0 Å². The largest absolute Gasteiger partial charge is 0.481 e. The molecule has 1 aromatic carbocycles. The van der Waals surface area contributed by atoms with Crippen LogP contribution in [0.2, 0.25) is 0 Å². The first-order valence-electron chi connectivity index (χ1n) is 5.06. The van der Waals surface area contributed by atoms with E-state index in [0.29, 0.717) is 16.7 Å². The Morgan fingerprint density at radius 1 is 1.41 bits per heavy atom. The van der Waals surface area contributed by atoms with Gasteiger partial charge in [-0.1, -0.05) is 6.07 Å². The fraction of sp³-hybridized carbons (Fsp3) is 0.273. The van der Waals surface area contributed by atoms with Crippen molar-refractivity contribution in [3.8, 4) is 0 Å². The minimum absolute atomic E-state index is 0.0691. The number of fused-ring (bicyclic) bond motifs is 1. The molecule has 0 amide bonds. The van der Waals surface area contributed by atoms with Gasteiger partial charge in [-0.3, -0.25) is 9.36 Å². The molecule has 17 heavy (non-hydrogen) atoms. The molecule has 0 saturated carbocycles. The maximum absolute atomic E-state index is 11.5. The number of carbonyl (C=O) groups is 1. The summed E-state index contributed by atoms with van der Waals surface area (Å²) in [6.45, 7) is -0.0698. The van der Waals surface area contributed by atoms with E-state index in [2.05, 4.69) is 0 Å². The van der Waals surface area contributed by atoms with Crippen LogP contribution in [0.1, 0.15) is 12.0 Å². The Balaban J connectivity index is 2.45. The van der Waals surface area contributed by atoms with Crippen LogP contribution in [0.15, 0.2) is 27.4 Å². The van der Waals surface area contributed by atoms with E-state index in [4.69, 9.17) is 14.6 Å². The molecule has 0 unspecified atom stereocenters. The van der Waals surface area contributed by atoms with E-state index in [1.807, 2.05) is 0 Å². The standard InChI is InChI=1S/C11H11NO5/c13-6-7-1-2-8-9(5-7)17-11(16)12(8)4-3-10(14)15/h1-2,5,13H,3-4,6H2,(H,14,15). The lowest BCUT2D eigenvalue weighted by atomic mass is 10.2. The average molecular weight is 237 g/mol. The molecule has 6 nitrogen and oxygen atoms in total. The number of aliphatic hydroxyl groups excluding tert-OH is 1. The van der Waals surface area contributed by atoms with E-state index in [1.54, 1.807) is 18.2 Å². The number of aliphatic carboxylic acids is 1. The third kappa shape index (κ3) is 2.21. The molecule has 1 aromatic heterocycles. The number of rotatable bonds is 4. The highest BCUT2D eigenvalue weighted by molar-refractivity contribution is 5.74. The maximum Gasteiger partial charge on any atom is 0.419 e. The van der Waals surface area contributed by atoms with Crippen molar-refractivity contribution in [1.82, 2.24) is 4.57 Å². The van der Waals surface area contributed by atoms with Gasteiger partial charge in [0, 0.05) is 6.54 Å². The zero-order valence-corrected chi connectivity index (χ0v) is 8.92. The van der Waals surface area contributed by atoms with Gasteiger partial charge in [0.15, 0.2) is 5.58 Å². The second-order valence-electron chi connectivity index (χ2n) is 3.62. The minimum atomic E-state index is -0.974. The smallest absolute Gasteiger partial charge is 0.419 e. The van der Waals surface area contributed by atoms with E-state index in [0.717, 1.165) is 0 Å². The summed E-state index contributed by atoms with van der Waals surface area (Å²) < 4.78 is 6.25. The molecule has 0 aliphatic heterocycles. The molecule has 0 saturated heterocycles. The molecule has 2 aromatic rings. The van der Waals surface area contributed by atoms with Crippen molar-refractivity contribution in [2.75, 3.05) is 0 Å². The minimum Gasteiger partial charge on any atom is -0.481 e. The predicted octanol–water partition coefficient (Wildman–Crippen LogP) is 0.562. The van der Waals surface area contributed by atoms with Gasteiger partial charge in [-0.05, 0) is 17.7 Å². The van der Waals surface area contributed by atoms with Crippen LogP contribution in [0.25, 0.3) is 11.1 Å². The number of benzene rings is 1. The monoisotopic (exact) mass is 237 g/mol. The lowest BCUT2D eigenvalue weighted by molar-refractivity contribution is -0.137. The Kier molecular flexibility index (Phi) is 2.97. The van der Waals surface area contributed by atoms with Crippen molar-refractivity contribution >= 4 is 17.1 Å². The molecule has 0 fully saturated rings. The van der Waals surface area contributed by atoms with Crippen LogP contribution in [0, 0.1) is 0 Å². The highest BCUT2D eigenvalue weighted by Crippen LogP contribution is 2.15. The van der Waals surface area contributed by atoms with Gasteiger partial charge in [-0.15, -0.1) is 0 Å². The van der Waals surface area contributed by atoms with Crippen LogP contribution in [-0.4, -0.2) is 20.7 Å². The summed E-state index contributed by atoms with van der Waals surface area (Å²) in [6.07, 6.45) is -0.143. The fourth-order valence-electron chi connectivity index (χ4n) is 1.63. The molecular formula is C11H11NO5. The van der Waals surface area contributed by atoms with Gasteiger partial charge in [0.05, 0.1) is 18.5 Å². The SMILES string of the molecule is O=C(O)CCn1c(=O)oc2cc(CO)ccc21. The quantitative estimate of drug-likeness (QED) is 0.810. The molecule has 2 N–H and O–H groups in total. The summed E-state index contributed by atoms with van der Waals surface area (Å²) in [5.74, 6) is -1.56. The van der Waals surface area contributed by atoms with Crippen molar-refractivity contribution in [1.29, 1.82) is 0 Å². The van der Waals surface area contributed by atoms with Crippen LogP contribution in [0.3, 0.4) is 0 Å². The zero-order valence-electron chi connectivity index (χ0n) is 8.92. The van der Waals surface area contributed by atoms with Crippen LogP contribution in [0.4, 0.5) is 0 Å². The van der Waals surface area contributed by atoms with E-state index in [9.17, 15) is 9.59 Å². The molecule has 90 valence electrons. The number of oxazole rings is 1. The zero-order chi connectivity index (χ0) is 12.4. The second kappa shape index (κ2) is 4.42. The molecule has 0 bridgehead atoms. The topological polar surface area (TPSA) is 92.7 Å². The average Bonchev–Trinajstić information content (AvgIpc) is 2.60. The van der Waals surface area contributed by atoms with Crippen LogP contribution in [0.5, 0.6) is 0 Å². The van der Waals surface area contributed by atoms with Crippen molar-refractivity contribution < 1.29 is 19.4 Å². The Morgan fingerprint density at radius 3 is 2.82 bits per heavy atom. The molecule has 0 atom stereocenters. The van der Waals surface area contributed by atoms with Gasteiger partial charge >= 0.3 is 11.7 Å². The van der Waals surface area contributed by atoms with E-state index >= 15 is 0 Å². The molecule has 1 heterocycles. The Morgan fingerprint density at radius 2 is 2.18 bits per heavy atom. The molecule has 6 heteroatoms. The lowest BCUT2D eigenvalue weighted by Crippen LogP contribution is -2.16. The van der Waals surface area contributed by atoms with E-state index in [-0.39, 0.29) is 19.6 Å². The number of carboxylic acid groups (broad SMARTS) is 1. The Labute approximate surface area is 95.7 Å². The Hall–Kier alpha value is -2.08. The first-order chi connectivity index (χ1) is 8.11. The predicted molar refractivity (Wildman–Crippen MR) is 58.6 cm³/mol. The molecule has 0 spiro atoms. The van der Waals surface area contributed by atoms with Crippen molar-refractivity contribution in [3.63, 3.8) is 0 Å². The van der Waals surface area contributed by atoms with Gasteiger partial charge < -0.3 is 14.6 Å². The number of carboxylic acids is 1. The molecule has 0 aliphatic rings. The summed E-state index contributed by atoms with van der Waals surface area (Å²) in [5, 5.41) is 17.5. The number of hydrogen-bond donors (Lipinski definition) is 2. The summed E-state index contributed by atoms with van der Waals surface area (Å²) >= 11 is 0. The fourth-order valence-corrected chi connectivity index (χ4v) is 1.63. The number of aliphatic hydroxyl groups is 1. The molecule has 2 rings (SSSR count). The lowest BCUT2D eigenvalue weighted by Gasteiger charge is -1.99. The van der Waals surface area contributed by atoms with Crippen LogP contribution < -0.4 is 5.76 Å². The second-order valence-corrected chi connectivity index (χ2v) is 3.62. The highest BCUT2D eigenvalue weighted by Gasteiger charge is 2.10. The van der Waals surface area contributed by atoms with Gasteiger partial charge in [0.25, 0.3) is 0 Å². The molecule has 0 radical (unpaired) electrons. The third-order valence-electron chi connectivity index (χ3n) is 2.46. The highest BCUT2D eigenvalue weighted by atomic mass is 16.4. The van der Waals surface area contributed by atoms with Crippen molar-refractivity contribution in [2.24, 2.45) is 0 Å². The van der Waals surface area contributed by atoms with Crippen molar-refractivity contribution in [2.45, 2.75) is 19.6 Å². The summed E-state index contributed by atoms with van der Waals surface area (Å²) in [7, 11) is 0. The van der Waals surface area contributed by atoms with Gasteiger partial charge in [-0.25, -0.2) is 4.79 Å². The molecule has 0 aliphatic carbocycles. The summed E-state index contributed by atoms with van der Waals surface area (Å²) in [4.78, 5) is 22.0. The number of hydrogen-bond acceptors (Lipinski definition) is 4. The normalized spacial score (nSPS) is 10.9. The maximum atomic E-state index is 11.5. The van der Waals surface area contributed by atoms with E-state index in [1.165, 1.54) is 4.57 Å². The summed E-state index contributed by atoms with van der Waals surface area (Å²) in [5.41, 5.74) is 1.53. The van der Waals surface area contributed by atoms with Crippen molar-refractivity contribution in [3.05, 3.63) is 34.3 Å².